The van der Waals surface area contributed by atoms with Gasteiger partial charge in [0.15, 0.2) is 0 Å². The fourth-order valence-corrected chi connectivity index (χ4v) is 2.01. The first kappa shape index (κ1) is 16.2. The molecule has 1 N–H and O–H groups in total. The van der Waals surface area contributed by atoms with E-state index >= 15 is 0 Å². The molecule has 0 saturated heterocycles. The lowest BCUT2D eigenvalue weighted by atomic mass is 10.3. The smallest absolute Gasteiger partial charge is 0.324 e. The summed E-state index contributed by atoms with van der Waals surface area (Å²) in [7, 11) is 0. The predicted octanol–water partition coefficient (Wildman–Crippen LogP) is 0.679. The van der Waals surface area contributed by atoms with Gasteiger partial charge >= 0.3 is 5.69 Å². The number of nitrogens with zero attached hydrogens (tertiary/aromatic N) is 3. The van der Waals surface area contributed by atoms with Gasteiger partial charge in [-0.3, -0.25) is 14.2 Å². The normalized spacial score (nSPS) is 10.1. The van der Waals surface area contributed by atoms with Crippen LogP contribution in [0.4, 0.5) is 10.1 Å². The van der Waals surface area contributed by atoms with Crippen molar-refractivity contribution < 1.29 is 9.18 Å². The van der Waals surface area contributed by atoms with Crippen LogP contribution in [0.25, 0.3) is 0 Å². The molecule has 2 aromatic rings. The maximum Gasteiger partial charge on any atom is 0.331 e. The third kappa shape index (κ3) is 3.52. The van der Waals surface area contributed by atoms with Crippen molar-refractivity contribution in [2.75, 3.05) is 5.32 Å². The topological polar surface area (TPSA) is 96.9 Å². The number of halogens is 1. The summed E-state index contributed by atoms with van der Waals surface area (Å²) < 4.78 is 14.9. The van der Waals surface area contributed by atoms with Gasteiger partial charge in [0.2, 0.25) is 5.91 Å². The highest BCUT2D eigenvalue weighted by Gasteiger charge is 2.14. The molecule has 0 atom stereocenters. The molecule has 118 valence electrons. The van der Waals surface area contributed by atoms with Gasteiger partial charge in [-0.2, -0.15) is 5.26 Å². The third-order valence-electron chi connectivity index (χ3n) is 3.11. The number of carbonyl (C=O) groups excluding carboxylic acids is 1. The van der Waals surface area contributed by atoms with Crippen LogP contribution in [0.5, 0.6) is 0 Å². The number of rotatable bonds is 4. The van der Waals surface area contributed by atoms with Crippen molar-refractivity contribution in [3.63, 3.8) is 0 Å². The Kier molecular flexibility index (Phi) is 4.71. The average Bonchev–Trinajstić information content (AvgIpc) is 2.52. The molecule has 7 nitrogen and oxygen atoms in total. The van der Waals surface area contributed by atoms with E-state index in [0.717, 1.165) is 16.8 Å². The van der Waals surface area contributed by atoms with Gasteiger partial charge in [-0.05, 0) is 25.1 Å². The second-order valence-electron chi connectivity index (χ2n) is 4.67. The Bertz CT molecular complexity index is 908. The van der Waals surface area contributed by atoms with E-state index in [2.05, 4.69) is 5.32 Å². The Labute approximate surface area is 130 Å². The van der Waals surface area contributed by atoms with Crippen LogP contribution in [0, 0.1) is 17.1 Å². The molecule has 1 amide bonds. The van der Waals surface area contributed by atoms with Crippen LogP contribution in [-0.2, 0) is 17.9 Å². The summed E-state index contributed by atoms with van der Waals surface area (Å²) in [5.41, 5.74) is -1.55. The molecule has 23 heavy (non-hydrogen) atoms. The first-order valence-corrected chi connectivity index (χ1v) is 6.76. The van der Waals surface area contributed by atoms with Gasteiger partial charge in [0.1, 0.15) is 24.0 Å². The highest BCUT2D eigenvalue weighted by molar-refractivity contribution is 5.90. The van der Waals surface area contributed by atoms with Gasteiger partial charge in [-0.1, -0.05) is 6.07 Å². The highest BCUT2D eigenvalue weighted by atomic mass is 19.1. The fourth-order valence-electron chi connectivity index (χ4n) is 2.01. The van der Waals surface area contributed by atoms with Crippen LogP contribution in [0.3, 0.4) is 0 Å². The number of nitrogens with one attached hydrogen (secondary N) is 1. The number of carbonyl (C=O) groups is 1. The van der Waals surface area contributed by atoms with E-state index < -0.39 is 29.5 Å². The molecule has 0 fully saturated rings. The van der Waals surface area contributed by atoms with E-state index in [1.807, 2.05) is 0 Å². The molecule has 0 spiro atoms. The maximum atomic E-state index is 13.1. The summed E-state index contributed by atoms with van der Waals surface area (Å²) >= 11 is 0. The molecule has 1 aromatic carbocycles. The number of nitriles is 1. The van der Waals surface area contributed by atoms with Crippen LogP contribution in [-0.4, -0.2) is 15.0 Å². The van der Waals surface area contributed by atoms with Crippen molar-refractivity contribution in [3.8, 4) is 6.07 Å². The van der Waals surface area contributed by atoms with Crippen LogP contribution in [0.1, 0.15) is 12.5 Å². The van der Waals surface area contributed by atoms with E-state index in [0.29, 0.717) is 4.57 Å². The summed E-state index contributed by atoms with van der Waals surface area (Å²) in [5, 5.41) is 11.3. The van der Waals surface area contributed by atoms with Crippen molar-refractivity contribution in [3.05, 3.63) is 62.7 Å². The molecule has 8 heteroatoms. The molecule has 0 radical (unpaired) electrons. The van der Waals surface area contributed by atoms with Crippen LogP contribution >= 0.6 is 0 Å². The molecule has 0 aliphatic rings. The van der Waals surface area contributed by atoms with Gasteiger partial charge in [0.25, 0.3) is 5.56 Å². The molecule has 0 aliphatic carbocycles. The Morgan fingerprint density at radius 2 is 2.13 bits per heavy atom. The Morgan fingerprint density at radius 1 is 1.39 bits per heavy atom. The maximum absolute atomic E-state index is 13.1. The Balaban J connectivity index is 2.33. The summed E-state index contributed by atoms with van der Waals surface area (Å²) in [4.78, 5) is 36.1. The van der Waals surface area contributed by atoms with E-state index in [-0.39, 0.29) is 17.8 Å². The fraction of sp³-hybridized carbons (Fsp3) is 0.200. The minimum absolute atomic E-state index is 0.204. The number of benzene rings is 1. The van der Waals surface area contributed by atoms with Crippen LogP contribution < -0.4 is 16.6 Å². The highest BCUT2D eigenvalue weighted by Crippen LogP contribution is 2.08. The SMILES string of the molecule is CCn1cc(C#N)c(=O)n(CC(=O)Nc2cccc(F)c2)c1=O. The zero-order valence-corrected chi connectivity index (χ0v) is 12.2. The number of hydrogen-bond acceptors (Lipinski definition) is 4. The van der Waals surface area contributed by atoms with Gasteiger partial charge < -0.3 is 5.32 Å². The van der Waals surface area contributed by atoms with Crippen LogP contribution in [0.2, 0.25) is 0 Å². The molecule has 1 aromatic heterocycles. The van der Waals surface area contributed by atoms with Gasteiger partial charge in [-0.25, -0.2) is 13.8 Å². The minimum Gasteiger partial charge on any atom is -0.324 e. The van der Waals surface area contributed by atoms with Gasteiger partial charge in [0.05, 0.1) is 0 Å². The average molecular weight is 316 g/mol. The molecule has 0 bridgehead atoms. The first-order chi connectivity index (χ1) is 11.0. The summed E-state index contributed by atoms with van der Waals surface area (Å²) in [6, 6.07) is 6.91. The zero-order chi connectivity index (χ0) is 17.0. The van der Waals surface area contributed by atoms with E-state index in [9.17, 15) is 18.8 Å². The minimum atomic E-state index is -0.836. The Hall–Kier alpha value is -3.21. The van der Waals surface area contributed by atoms with Crippen molar-refractivity contribution in [1.82, 2.24) is 9.13 Å². The second-order valence-corrected chi connectivity index (χ2v) is 4.67. The van der Waals surface area contributed by atoms with Crippen molar-refractivity contribution in [2.45, 2.75) is 20.0 Å². The lowest BCUT2D eigenvalue weighted by Crippen LogP contribution is -2.43. The number of aryl methyl sites for hydroxylation is 1. The van der Waals surface area contributed by atoms with Gasteiger partial charge in [-0.15, -0.1) is 0 Å². The van der Waals surface area contributed by atoms with Crippen LogP contribution in [0.15, 0.2) is 40.1 Å². The number of hydrogen-bond donors (Lipinski definition) is 1. The van der Waals surface area contributed by atoms with Crippen molar-refractivity contribution in [2.24, 2.45) is 0 Å². The first-order valence-electron chi connectivity index (χ1n) is 6.76. The Morgan fingerprint density at radius 3 is 2.74 bits per heavy atom. The molecular weight excluding hydrogens is 303 g/mol. The molecule has 0 saturated carbocycles. The van der Waals surface area contributed by atoms with E-state index in [1.165, 1.54) is 18.2 Å². The molecule has 2 rings (SSSR count). The summed E-state index contributed by atoms with van der Waals surface area (Å²) in [6.45, 7) is 1.35. The number of anilines is 1. The third-order valence-corrected chi connectivity index (χ3v) is 3.11. The lowest BCUT2D eigenvalue weighted by molar-refractivity contribution is -0.116. The van der Waals surface area contributed by atoms with E-state index in [1.54, 1.807) is 13.0 Å². The van der Waals surface area contributed by atoms with E-state index in [4.69, 9.17) is 5.26 Å². The number of amides is 1. The second kappa shape index (κ2) is 6.70. The van der Waals surface area contributed by atoms with Gasteiger partial charge in [0, 0.05) is 18.4 Å². The van der Waals surface area contributed by atoms with Crippen molar-refractivity contribution in [1.29, 1.82) is 5.26 Å². The molecule has 1 heterocycles. The quantitative estimate of drug-likeness (QED) is 0.897. The van der Waals surface area contributed by atoms with Crippen molar-refractivity contribution >= 4 is 11.6 Å². The summed E-state index contributed by atoms with van der Waals surface area (Å²) in [5.74, 6) is -1.20. The zero-order valence-electron chi connectivity index (χ0n) is 12.2. The monoisotopic (exact) mass is 316 g/mol. The number of aromatic nitrogens is 2. The lowest BCUT2D eigenvalue weighted by Gasteiger charge is -2.10. The summed E-state index contributed by atoms with van der Waals surface area (Å²) in [6.07, 6.45) is 1.16. The standard InChI is InChI=1S/C15H13FN4O3/c1-2-19-8-10(7-17)14(22)20(15(19)23)9-13(21)18-12-5-3-4-11(16)6-12/h3-6,8H,2,9H2,1H3,(H,18,21). The largest absolute Gasteiger partial charge is 0.331 e. The molecule has 0 unspecified atom stereocenters. The molecule has 0 aliphatic heterocycles. The molecular formula is C15H13FN4O3. The predicted molar refractivity (Wildman–Crippen MR) is 80.4 cm³/mol.